The number of carbonyl (C=O) groups excluding carboxylic acids is 1. The fourth-order valence-electron chi connectivity index (χ4n) is 3.04. The number of aliphatic hydroxyl groups is 1. The van der Waals surface area contributed by atoms with Crippen LogP contribution in [0.1, 0.15) is 46.5 Å². The second kappa shape index (κ2) is 6.66. The van der Waals surface area contributed by atoms with Gasteiger partial charge in [0.1, 0.15) is 11.9 Å². The molecule has 0 amide bonds. The van der Waals surface area contributed by atoms with Crippen molar-refractivity contribution in [3.63, 3.8) is 0 Å². The number of ether oxygens (including phenoxy) is 1. The van der Waals surface area contributed by atoms with Gasteiger partial charge < -0.3 is 9.84 Å². The number of rotatable bonds is 1. The third kappa shape index (κ3) is 3.58. The molecule has 0 saturated heterocycles. The first-order valence-corrected chi connectivity index (χ1v) is 7.90. The van der Waals surface area contributed by atoms with Gasteiger partial charge in [0.05, 0.1) is 12.5 Å². The summed E-state index contributed by atoms with van der Waals surface area (Å²) in [6.45, 7) is 6.05. The Morgan fingerprint density at radius 2 is 2.00 bits per heavy atom. The van der Waals surface area contributed by atoms with Crippen LogP contribution in [-0.2, 0) is 9.53 Å². The largest absolute Gasteiger partial charge is 0.497 e. The molecule has 2 aliphatic carbocycles. The average molecular weight is 302 g/mol. The summed E-state index contributed by atoms with van der Waals surface area (Å²) >= 11 is 0. The normalized spacial score (nSPS) is 35.0. The summed E-state index contributed by atoms with van der Waals surface area (Å²) in [5.74, 6) is 0.652. The van der Waals surface area contributed by atoms with Gasteiger partial charge >= 0.3 is 0 Å². The summed E-state index contributed by atoms with van der Waals surface area (Å²) in [4.78, 5) is 12.9. The van der Waals surface area contributed by atoms with Gasteiger partial charge in [0, 0.05) is 5.57 Å². The van der Waals surface area contributed by atoms with E-state index in [1.807, 2.05) is 19.9 Å². The van der Waals surface area contributed by atoms with Crippen molar-refractivity contribution >= 4 is 5.78 Å². The topological polar surface area (TPSA) is 46.5 Å². The van der Waals surface area contributed by atoms with Crippen molar-refractivity contribution in [2.24, 2.45) is 5.41 Å². The molecule has 1 N–H and O–H groups in total. The summed E-state index contributed by atoms with van der Waals surface area (Å²) < 4.78 is 5.35. The van der Waals surface area contributed by atoms with E-state index in [0.29, 0.717) is 11.3 Å². The van der Waals surface area contributed by atoms with E-state index in [4.69, 9.17) is 4.74 Å². The molecule has 0 aromatic carbocycles. The van der Waals surface area contributed by atoms with E-state index in [1.54, 1.807) is 19.3 Å². The van der Waals surface area contributed by atoms with Gasteiger partial charge in [0.25, 0.3) is 0 Å². The lowest BCUT2D eigenvalue weighted by atomic mass is 9.73. The molecular formula is C19H26O3. The van der Waals surface area contributed by atoms with Gasteiger partial charge in [-0.3, -0.25) is 4.79 Å². The maximum atomic E-state index is 12.9. The number of hydrogen-bond donors (Lipinski definition) is 1. The molecule has 22 heavy (non-hydrogen) atoms. The van der Waals surface area contributed by atoms with Crippen molar-refractivity contribution in [3.8, 4) is 0 Å². The lowest BCUT2D eigenvalue weighted by Crippen LogP contribution is -2.34. The maximum absolute atomic E-state index is 12.9. The maximum Gasteiger partial charge on any atom is 0.171 e. The van der Waals surface area contributed by atoms with E-state index in [0.717, 1.165) is 31.3 Å². The second-order valence-electron chi connectivity index (χ2n) is 6.64. The molecule has 2 bridgehead atoms. The Balaban J connectivity index is 2.47. The van der Waals surface area contributed by atoms with Gasteiger partial charge in [0.15, 0.2) is 5.78 Å². The Morgan fingerprint density at radius 3 is 2.68 bits per heavy atom. The van der Waals surface area contributed by atoms with E-state index in [1.165, 1.54) is 5.57 Å². The molecule has 0 saturated carbocycles. The first-order valence-electron chi connectivity index (χ1n) is 7.90. The third-order valence-corrected chi connectivity index (χ3v) is 4.61. The zero-order chi connectivity index (χ0) is 16.3. The van der Waals surface area contributed by atoms with Gasteiger partial charge in [-0.1, -0.05) is 23.3 Å². The van der Waals surface area contributed by atoms with Crippen molar-refractivity contribution in [2.45, 2.75) is 52.6 Å². The Hall–Kier alpha value is -1.61. The fourth-order valence-corrected chi connectivity index (χ4v) is 3.04. The quantitative estimate of drug-likeness (QED) is 0.748. The van der Waals surface area contributed by atoms with Crippen molar-refractivity contribution in [3.05, 3.63) is 46.8 Å². The van der Waals surface area contributed by atoms with Crippen molar-refractivity contribution in [2.75, 3.05) is 7.11 Å². The summed E-state index contributed by atoms with van der Waals surface area (Å²) in [7, 11) is 1.60. The number of ketones is 1. The lowest BCUT2D eigenvalue weighted by Gasteiger charge is -2.31. The van der Waals surface area contributed by atoms with E-state index in [9.17, 15) is 9.90 Å². The molecule has 2 aliphatic rings. The number of hydrogen-bond acceptors (Lipinski definition) is 3. The van der Waals surface area contributed by atoms with Crippen LogP contribution in [0.15, 0.2) is 46.8 Å². The van der Waals surface area contributed by atoms with Crippen LogP contribution in [0, 0.1) is 5.41 Å². The predicted octanol–water partition coefficient (Wildman–Crippen LogP) is 3.86. The molecule has 0 heterocycles. The molecule has 3 nitrogen and oxygen atoms in total. The predicted molar refractivity (Wildman–Crippen MR) is 88.3 cm³/mol. The molecule has 3 heteroatoms. The number of fused-ring (bicyclic) bond motifs is 2. The summed E-state index contributed by atoms with van der Waals surface area (Å²) in [6.07, 6.45) is 10.2. The fraction of sp³-hybridized carbons (Fsp3) is 0.526. The minimum atomic E-state index is -0.866. The summed E-state index contributed by atoms with van der Waals surface area (Å²) in [5.41, 5.74) is 2.22. The van der Waals surface area contributed by atoms with E-state index in [2.05, 4.69) is 13.0 Å². The van der Waals surface area contributed by atoms with Crippen molar-refractivity contribution < 1.29 is 14.6 Å². The Labute approximate surface area is 133 Å². The number of aliphatic hydroxyl groups excluding tert-OH is 1. The zero-order valence-electron chi connectivity index (χ0n) is 14.0. The van der Waals surface area contributed by atoms with Crippen LogP contribution < -0.4 is 0 Å². The lowest BCUT2D eigenvalue weighted by molar-refractivity contribution is -0.123. The van der Waals surface area contributed by atoms with Crippen LogP contribution in [0.25, 0.3) is 0 Å². The standard InChI is InChI=1S/C19H26O3/c1-13-6-5-7-14(2)10-17(20)16-11-15(22-4)12-19(3,9-8-13)18(16)21/h6,10-12,17,20H,5,7-9H2,1-4H3/b13-6+,14-10+/t17-,19-/m1/s1. The van der Waals surface area contributed by atoms with Gasteiger partial charge in [-0.15, -0.1) is 0 Å². The SMILES string of the molecule is COC1=C[C@@]2(C)CC/C(C)=C/CC/C(C)=C/[C@@H](O)C(=C1)C2=O. The smallest absolute Gasteiger partial charge is 0.171 e. The Kier molecular flexibility index (Phi) is 5.07. The van der Waals surface area contributed by atoms with E-state index < -0.39 is 11.5 Å². The average Bonchev–Trinajstić information content (AvgIpc) is 2.47. The molecule has 0 fully saturated rings. The summed E-state index contributed by atoms with van der Waals surface area (Å²) in [6, 6.07) is 0. The van der Waals surface area contributed by atoms with Gasteiger partial charge in [-0.25, -0.2) is 0 Å². The molecule has 2 rings (SSSR count). The molecule has 2 atom stereocenters. The number of allylic oxidation sites excluding steroid dienone is 5. The highest BCUT2D eigenvalue weighted by Crippen LogP contribution is 2.37. The van der Waals surface area contributed by atoms with Crippen LogP contribution in [0.4, 0.5) is 0 Å². The first kappa shape index (κ1) is 16.8. The molecule has 0 aromatic heterocycles. The highest BCUT2D eigenvalue weighted by atomic mass is 16.5. The highest BCUT2D eigenvalue weighted by Gasteiger charge is 2.38. The third-order valence-electron chi connectivity index (χ3n) is 4.61. The molecule has 0 aromatic rings. The monoisotopic (exact) mass is 302 g/mol. The number of methoxy groups -OCH3 is 1. The minimum Gasteiger partial charge on any atom is -0.497 e. The second-order valence-corrected chi connectivity index (χ2v) is 6.64. The van der Waals surface area contributed by atoms with Crippen LogP contribution in [0.5, 0.6) is 0 Å². The van der Waals surface area contributed by atoms with Crippen LogP contribution in [0.2, 0.25) is 0 Å². The molecular weight excluding hydrogens is 276 g/mol. The van der Waals surface area contributed by atoms with Gasteiger partial charge in [0.2, 0.25) is 0 Å². The summed E-state index contributed by atoms with van der Waals surface area (Å²) in [5, 5.41) is 10.5. The van der Waals surface area contributed by atoms with E-state index in [-0.39, 0.29) is 5.78 Å². The first-order chi connectivity index (χ1) is 10.4. The van der Waals surface area contributed by atoms with Crippen LogP contribution in [0.3, 0.4) is 0 Å². The Morgan fingerprint density at radius 1 is 1.27 bits per heavy atom. The molecule has 0 radical (unpaired) electrons. The van der Waals surface area contributed by atoms with Crippen molar-refractivity contribution in [1.82, 2.24) is 0 Å². The molecule has 0 aliphatic heterocycles. The Bertz CT molecular complexity index is 577. The van der Waals surface area contributed by atoms with Crippen molar-refractivity contribution in [1.29, 1.82) is 0 Å². The van der Waals surface area contributed by atoms with Crippen LogP contribution >= 0.6 is 0 Å². The highest BCUT2D eigenvalue weighted by molar-refractivity contribution is 6.03. The minimum absolute atomic E-state index is 0.00164. The molecule has 120 valence electrons. The molecule has 0 spiro atoms. The number of carbonyl (C=O) groups is 1. The van der Waals surface area contributed by atoms with Crippen LogP contribution in [-0.4, -0.2) is 24.1 Å². The van der Waals surface area contributed by atoms with Gasteiger partial charge in [-0.05, 0) is 58.6 Å². The van der Waals surface area contributed by atoms with Gasteiger partial charge in [-0.2, -0.15) is 0 Å². The number of Topliss-reactive ketones (excluding diaryl/α,β-unsaturated/α-hetero) is 1. The zero-order valence-corrected chi connectivity index (χ0v) is 14.0. The van der Waals surface area contributed by atoms with E-state index >= 15 is 0 Å². The molecule has 0 unspecified atom stereocenters.